The molecule has 1 rings (SSSR count). The Labute approximate surface area is 91.8 Å². The zero-order valence-corrected chi connectivity index (χ0v) is 8.96. The van der Waals surface area contributed by atoms with E-state index in [4.69, 9.17) is 10.9 Å². The van der Waals surface area contributed by atoms with Crippen LogP contribution in [0.2, 0.25) is 0 Å². The molecule has 0 spiro atoms. The van der Waals surface area contributed by atoms with Crippen LogP contribution in [0, 0.1) is 18.6 Å². The maximum atomic E-state index is 13.4. The number of nitrogens with zero attached hydrogens (tertiary/aromatic N) is 1. The predicted molar refractivity (Wildman–Crippen MR) is 57.6 cm³/mol. The second-order valence-electron chi connectivity index (χ2n) is 3.47. The Balaban J connectivity index is 2.94. The molecule has 0 radical (unpaired) electrons. The number of benzene rings is 1. The molecule has 0 aromatic heterocycles. The van der Waals surface area contributed by atoms with Gasteiger partial charge in [0.2, 0.25) is 0 Å². The summed E-state index contributed by atoms with van der Waals surface area (Å²) in [6.07, 6.45) is 0. The van der Waals surface area contributed by atoms with E-state index in [0.29, 0.717) is 0 Å². The first-order valence-corrected chi connectivity index (χ1v) is 4.65. The highest BCUT2D eigenvalue weighted by Gasteiger charge is 2.12. The second-order valence-corrected chi connectivity index (χ2v) is 3.47. The number of amidine groups is 1. The van der Waals surface area contributed by atoms with Crippen LogP contribution in [0.25, 0.3) is 0 Å². The third kappa shape index (κ3) is 2.59. The van der Waals surface area contributed by atoms with Gasteiger partial charge in [0.05, 0.1) is 11.7 Å². The third-order valence-corrected chi connectivity index (χ3v) is 2.18. The van der Waals surface area contributed by atoms with Gasteiger partial charge >= 0.3 is 0 Å². The summed E-state index contributed by atoms with van der Waals surface area (Å²) < 4.78 is 26.6. The largest absolute Gasteiger partial charge is 0.409 e. The van der Waals surface area contributed by atoms with Gasteiger partial charge in [0.15, 0.2) is 5.84 Å². The minimum absolute atomic E-state index is 0.0257. The van der Waals surface area contributed by atoms with E-state index < -0.39 is 17.7 Å². The molecule has 0 saturated heterocycles. The molecule has 0 aliphatic rings. The highest BCUT2D eigenvalue weighted by molar-refractivity contribution is 5.87. The molecule has 0 aliphatic carbocycles. The second kappa shape index (κ2) is 4.78. The normalized spacial score (nSPS) is 13.6. The summed E-state index contributed by atoms with van der Waals surface area (Å²) in [5.41, 5.74) is 5.50. The molecule has 0 aliphatic heterocycles. The Morgan fingerprint density at radius 2 is 2.06 bits per heavy atom. The van der Waals surface area contributed by atoms with Crippen molar-refractivity contribution in [3.8, 4) is 0 Å². The first-order chi connectivity index (χ1) is 7.45. The molecule has 0 amide bonds. The van der Waals surface area contributed by atoms with Crippen molar-refractivity contribution in [2.75, 3.05) is 5.32 Å². The first-order valence-electron chi connectivity index (χ1n) is 4.65. The van der Waals surface area contributed by atoms with Crippen molar-refractivity contribution in [2.24, 2.45) is 10.9 Å². The molecule has 0 fully saturated rings. The summed E-state index contributed by atoms with van der Waals surface area (Å²) in [6.45, 7) is 3.03. The summed E-state index contributed by atoms with van der Waals surface area (Å²) in [7, 11) is 0. The molecule has 0 saturated carbocycles. The number of aryl methyl sites for hydroxylation is 1. The van der Waals surface area contributed by atoms with Crippen LogP contribution < -0.4 is 11.1 Å². The van der Waals surface area contributed by atoms with Crippen LogP contribution in [-0.2, 0) is 0 Å². The summed E-state index contributed by atoms with van der Waals surface area (Å²) in [5.74, 6) is -1.22. The average Bonchev–Trinajstić information content (AvgIpc) is 2.24. The SMILES string of the molecule is Cc1cc(F)c(NC(C)/C(N)=N/O)cc1F. The maximum Gasteiger partial charge on any atom is 0.161 e. The highest BCUT2D eigenvalue weighted by Crippen LogP contribution is 2.19. The average molecular weight is 229 g/mol. The predicted octanol–water partition coefficient (Wildman–Crippen LogP) is 1.82. The van der Waals surface area contributed by atoms with E-state index in [-0.39, 0.29) is 17.1 Å². The van der Waals surface area contributed by atoms with Gasteiger partial charge in [-0.3, -0.25) is 0 Å². The molecule has 0 heterocycles. The molecule has 0 bridgehead atoms. The van der Waals surface area contributed by atoms with Crippen LogP contribution in [0.5, 0.6) is 0 Å². The lowest BCUT2D eigenvalue weighted by molar-refractivity contribution is 0.316. The zero-order chi connectivity index (χ0) is 12.3. The number of hydrogen-bond donors (Lipinski definition) is 3. The van der Waals surface area contributed by atoms with Crippen molar-refractivity contribution in [2.45, 2.75) is 19.9 Å². The van der Waals surface area contributed by atoms with E-state index in [9.17, 15) is 8.78 Å². The van der Waals surface area contributed by atoms with E-state index in [1.165, 1.54) is 6.92 Å². The fourth-order valence-corrected chi connectivity index (χ4v) is 1.15. The summed E-state index contributed by atoms with van der Waals surface area (Å²) in [4.78, 5) is 0. The van der Waals surface area contributed by atoms with Crippen molar-refractivity contribution in [3.63, 3.8) is 0 Å². The molecule has 4 nitrogen and oxygen atoms in total. The third-order valence-electron chi connectivity index (χ3n) is 2.18. The van der Waals surface area contributed by atoms with Gasteiger partial charge < -0.3 is 16.3 Å². The molecule has 1 aromatic carbocycles. The van der Waals surface area contributed by atoms with Crippen LogP contribution in [0.1, 0.15) is 12.5 Å². The molecule has 1 aromatic rings. The summed E-state index contributed by atoms with van der Waals surface area (Å²) in [6, 6.07) is 1.52. The van der Waals surface area contributed by atoms with E-state index in [1.807, 2.05) is 0 Å². The standard InChI is InChI=1S/C10H13F2N3O/c1-5-3-8(12)9(4-7(5)11)14-6(2)10(13)15-16/h3-4,6,14,16H,1-2H3,(H2,13,15). The molecule has 1 unspecified atom stereocenters. The Bertz CT molecular complexity index is 421. The fourth-order valence-electron chi connectivity index (χ4n) is 1.15. The van der Waals surface area contributed by atoms with Crippen LogP contribution in [-0.4, -0.2) is 17.1 Å². The van der Waals surface area contributed by atoms with Crippen LogP contribution in [0.3, 0.4) is 0 Å². The maximum absolute atomic E-state index is 13.4. The molecule has 6 heteroatoms. The fraction of sp³-hybridized carbons (Fsp3) is 0.300. The van der Waals surface area contributed by atoms with Crippen molar-refractivity contribution in [1.82, 2.24) is 0 Å². The monoisotopic (exact) mass is 229 g/mol. The molecule has 16 heavy (non-hydrogen) atoms. The zero-order valence-electron chi connectivity index (χ0n) is 8.96. The molecular weight excluding hydrogens is 216 g/mol. The number of oxime groups is 1. The van der Waals surface area contributed by atoms with Crippen LogP contribution >= 0.6 is 0 Å². The quantitative estimate of drug-likeness (QED) is 0.320. The van der Waals surface area contributed by atoms with Gasteiger partial charge in [0.25, 0.3) is 0 Å². The van der Waals surface area contributed by atoms with Gasteiger partial charge in [-0.2, -0.15) is 0 Å². The summed E-state index contributed by atoms with van der Waals surface area (Å²) >= 11 is 0. The Morgan fingerprint density at radius 3 is 2.62 bits per heavy atom. The van der Waals surface area contributed by atoms with E-state index in [0.717, 1.165) is 12.1 Å². The van der Waals surface area contributed by atoms with Crippen LogP contribution in [0.15, 0.2) is 17.3 Å². The van der Waals surface area contributed by atoms with E-state index in [2.05, 4.69) is 10.5 Å². The molecule has 88 valence electrons. The summed E-state index contributed by atoms with van der Waals surface area (Å²) in [5, 5.41) is 13.8. The van der Waals surface area contributed by atoms with E-state index in [1.54, 1.807) is 6.92 Å². The topological polar surface area (TPSA) is 70.6 Å². The number of halogens is 2. The van der Waals surface area contributed by atoms with Gasteiger partial charge in [-0.15, -0.1) is 0 Å². The smallest absolute Gasteiger partial charge is 0.161 e. The minimum Gasteiger partial charge on any atom is -0.409 e. The Morgan fingerprint density at radius 1 is 1.44 bits per heavy atom. The lowest BCUT2D eigenvalue weighted by atomic mass is 10.2. The number of rotatable bonds is 3. The Hall–Kier alpha value is -1.85. The van der Waals surface area contributed by atoms with Gasteiger partial charge in [-0.25, -0.2) is 8.78 Å². The number of nitrogens with two attached hydrogens (primary N) is 1. The number of anilines is 1. The Kier molecular flexibility index (Phi) is 3.65. The molecular formula is C10H13F2N3O. The molecule has 4 N–H and O–H groups in total. The van der Waals surface area contributed by atoms with Crippen molar-refractivity contribution < 1.29 is 14.0 Å². The van der Waals surface area contributed by atoms with Crippen molar-refractivity contribution in [1.29, 1.82) is 0 Å². The minimum atomic E-state index is -0.596. The van der Waals surface area contributed by atoms with Gasteiger partial charge in [0.1, 0.15) is 11.6 Å². The van der Waals surface area contributed by atoms with Crippen molar-refractivity contribution in [3.05, 3.63) is 29.3 Å². The number of hydrogen-bond acceptors (Lipinski definition) is 3. The van der Waals surface area contributed by atoms with Gasteiger partial charge in [-0.05, 0) is 25.5 Å². The van der Waals surface area contributed by atoms with Gasteiger partial charge in [-0.1, -0.05) is 5.16 Å². The molecule has 1 atom stereocenters. The van der Waals surface area contributed by atoms with Crippen molar-refractivity contribution >= 4 is 11.5 Å². The first kappa shape index (κ1) is 12.2. The lowest BCUT2D eigenvalue weighted by Crippen LogP contribution is -2.33. The number of nitrogens with one attached hydrogen (secondary N) is 1. The lowest BCUT2D eigenvalue weighted by Gasteiger charge is -2.14. The van der Waals surface area contributed by atoms with Crippen LogP contribution in [0.4, 0.5) is 14.5 Å². The van der Waals surface area contributed by atoms with Gasteiger partial charge in [0, 0.05) is 6.07 Å². The highest BCUT2D eigenvalue weighted by atomic mass is 19.1. The van der Waals surface area contributed by atoms with E-state index >= 15 is 0 Å².